The molecule has 1 aliphatic carbocycles. The molecule has 0 atom stereocenters. The van der Waals surface area contributed by atoms with Crippen molar-refractivity contribution in [3.05, 3.63) is 172 Å². The van der Waals surface area contributed by atoms with Crippen LogP contribution in [0.5, 0.6) is 0 Å². The Bertz CT molecular complexity index is 2980. The van der Waals surface area contributed by atoms with Crippen LogP contribution in [-0.4, -0.2) is 61.1 Å². The number of carboxylic acids is 1. The molecule has 2 aromatic carbocycles. The third-order valence-corrected chi connectivity index (χ3v) is 9.97. The zero-order valence-electron chi connectivity index (χ0n) is 30.8. The molecule has 0 radical (unpaired) electrons. The number of fused-ring (bicyclic) bond motifs is 2. The van der Waals surface area contributed by atoms with Gasteiger partial charge in [-0.25, -0.2) is 42.9 Å². The molecule has 0 bridgehead atoms. The monoisotopic (exact) mass is 799 g/mol. The van der Waals surface area contributed by atoms with Crippen molar-refractivity contribution in [1.82, 2.24) is 43.4 Å². The SMILES string of the molecule is O=C(N[C@H]1CC[C@@H](n2c(=O)c3cc(F)cnc3n(-c3cccc(-c4ccccc4)c3)c2=O)CC1)c1cn2cc(F)ccc2n1.O=C(O)c1nc(F)ccc1-n1ccnc1. The molecule has 59 heavy (non-hydrogen) atoms. The maximum Gasteiger partial charge on any atom is 0.356 e. The maximum atomic E-state index is 14.3. The van der Waals surface area contributed by atoms with Gasteiger partial charge in [0.25, 0.3) is 11.5 Å². The summed E-state index contributed by atoms with van der Waals surface area (Å²) in [7, 11) is 0. The average molecular weight is 800 g/mol. The molecule has 0 spiro atoms. The summed E-state index contributed by atoms with van der Waals surface area (Å²) < 4.78 is 46.1. The van der Waals surface area contributed by atoms with E-state index in [2.05, 4.69) is 25.3 Å². The Balaban J connectivity index is 0.000000271. The van der Waals surface area contributed by atoms with Gasteiger partial charge in [-0.2, -0.15) is 4.39 Å². The van der Waals surface area contributed by atoms with E-state index in [1.165, 1.54) is 61.2 Å². The molecule has 1 fully saturated rings. The molecule has 0 unspecified atom stereocenters. The van der Waals surface area contributed by atoms with Crippen LogP contribution in [0, 0.1) is 17.6 Å². The lowest BCUT2D eigenvalue weighted by Crippen LogP contribution is -2.45. The Morgan fingerprint density at radius 3 is 2.34 bits per heavy atom. The number of benzene rings is 2. The predicted octanol–water partition coefficient (Wildman–Crippen LogP) is 6.16. The van der Waals surface area contributed by atoms with Crippen LogP contribution < -0.4 is 16.6 Å². The van der Waals surface area contributed by atoms with Crippen molar-refractivity contribution in [2.45, 2.75) is 37.8 Å². The van der Waals surface area contributed by atoms with Crippen LogP contribution in [0.25, 0.3) is 39.2 Å². The summed E-state index contributed by atoms with van der Waals surface area (Å²) in [4.78, 5) is 67.0. The van der Waals surface area contributed by atoms with Crippen molar-refractivity contribution < 1.29 is 27.9 Å². The number of nitrogens with zero attached hydrogens (tertiary/aromatic N) is 8. The zero-order chi connectivity index (χ0) is 41.2. The fourth-order valence-electron chi connectivity index (χ4n) is 7.20. The van der Waals surface area contributed by atoms with Crippen LogP contribution in [0.3, 0.4) is 0 Å². The van der Waals surface area contributed by atoms with Crippen molar-refractivity contribution in [2.24, 2.45) is 0 Å². The number of amides is 1. The van der Waals surface area contributed by atoms with E-state index in [1.807, 2.05) is 48.5 Å². The minimum absolute atomic E-state index is 0.00780. The third kappa shape index (κ3) is 7.85. The van der Waals surface area contributed by atoms with Gasteiger partial charge in [0.15, 0.2) is 11.3 Å². The Morgan fingerprint density at radius 2 is 1.59 bits per heavy atom. The summed E-state index contributed by atoms with van der Waals surface area (Å²) in [6, 6.07) is 22.7. The van der Waals surface area contributed by atoms with Gasteiger partial charge < -0.3 is 19.4 Å². The van der Waals surface area contributed by atoms with Gasteiger partial charge in [-0.15, -0.1) is 0 Å². The maximum absolute atomic E-state index is 14.3. The zero-order valence-corrected chi connectivity index (χ0v) is 30.8. The molecule has 0 saturated heterocycles. The average Bonchev–Trinajstić information content (AvgIpc) is 3.94. The van der Waals surface area contributed by atoms with Gasteiger partial charge in [0.1, 0.15) is 23.0 Å². The Kier molecular flexibility index (Phi) is 10.4. The molecule has 1 aliphatic rings. The predicted molar refractivity (Wildman–Crippen MR) is 209 cm³/mol. The summed E-state index contributed by atoms with van der Waals surface area (Å²) in [6.07, 6.45) is 10.1. The van der Waals surface area contributed by atoms with Gasteiger partial charge in [0, 0.05) is 36.9 Å². The topological polar surface area (TPSA) is 171 Å². The molecule has 6 aromatic heterocycles. The Labute approximate surface area is 331 Å². The largest absolute Gasteiger partial charge is 0.476 e. The van der Waals surface area contributed by atoms with Crippen LogP contribution in [0.2, 0.25) is 0 Å². The van der Waals surface area contributed by atoms with Gasteiger partial charge in [-0.1, -0.05) is 42.5 Å². The lowest BCUT2D eigenvalue weighted by Gasteiger charge is -2.30. The first kappa shape index (κ1) is 38.2. The normalized spacial score (nSPS) is 15.1. The summed E-state index contributed by atoms with van der Waals surface area (Å²) in [5, 5.41) is 11.8. The molecular weight excluding hydrogens is 768 g/mol. The van der Waals surface area contributed by atoms with Gasteiger partial charge in [0.2, 0.25) is 5.95 Å². The number of hydrogen-bond acceptors (Lipinski definition) is 8. The molecule has 296 valence electrons. The van der Waals surface area contributed by atoms with E-state index >= 15 is 0 Å². The number of aromatic nitrogens is 8. The molecular formula is C42H32F3N9O5. The number of imidazole rings is 2. The first-order valence-electron chi connectivity index (χ1n) is 18.4. The van der Waals surface area contributed by atoms with E-state index in [9.17, 15) is 32.3 Å². The molecule has 6 heterocycles. The van der Waals surface area contributed by atoms with Crippen molar-refractivity contribution in [3.63, 3.8) is 0 Å². The van der Waals surface area contributed by atoms with E-state index in [1.54, 1.807) is 12.3 Å². The number of aromatic carboxylic acids is 1. The van der Waals surface area contributed by atoms with Crippen molar-refractivity contribution >= 4 is 28.6 Å². The highest BCUT2D eigenvalue weighted by atomic mass is 19.1. The number of rotatable bonds is 7. The molecule has 1 amide bonds. The highest BCUT2D eigenvalue weighted by molar-refractivity contribution is 5.93. The lowest BCUT2D eigenvalue weighted by molar-refractivity contribution is 0.0688. The van der Waals surface area contributed by atoms with Crippen LogP contribution in [0.1, 0.15) is 52.7 Å². The van der Waals surface area contributed by atoms with Crippen molar-refractivity contribution in [3.8, 4) is 22.5 Å². The number of halogens is 3. The molecule has 1 saturated carbocycles. The lowest BCUT2D eigenvalue weighted by atomic mass is 9.90. The van der Waals surface area contributed by atoms with Gasteiger partial charge in [-0.3, -0.25) is 14.2 Å². The van der Waals surface area contributed by atoms with E-state index in [-0.39, 0.29) is 40.1 Å². The molecule has 17 heteroatoms. The molecule has 0 aliphatic heterocycles. The summed E-state index contributed by atoms with van der Waals surface area (Å²) in [5.41, 5.74) is 1.80. The number of nitrogens with one attached hydrogen (secondary N) is 1. The molecule has 8 aromatic rings. The summed E-state index contributed by atoms with van der Waals surface area (Å²) >= 11 is 0. The molecule has 9 rings (SSSR count). The Morgan fingerprint density at radius 1 is 0.814 bits per heavy atom. The second-order valence-electron chi connectivity index (χ2n) is 13.7. The smallest absolute Gasteiger partial charge is 0.356 e. The fraction of sp³-hybridized carbons (Fsp3) is 0.143. The molecule has 2 N–H and O–H groups in total. The highest BCUT2D eigenvalue weighted by Crippen LogP contribution is 2.28. The number of carbonyl (C=O) groups excluding carboxylic acids is 1. The summed E-state index contributed by atoms with van der Waals surface area (Å²) in [5.74, 6) is -3.60. The minimum Gasteiger partial charge on any atom is -0.476 e. The minimum atomic E-state index is -1.28. The second-order valence-corrected chi connectivity index (χ2v) is 13.7. The van der Waals surface area contributed by atoms with E-state index < -0.39 is 40.8 Å². The van der Waals surface area contributed by atoms with E-state index in [0.717, 1.165) is 29.5 Å². The first-order valence-corrected chi connectivity index (χ1v) is 18.4. The highest BCUT2D eigenvalue weighted by Gasteiger charge is 2.29. The second kappa shape index (κ2) is 16.0. The first-order chi connectivity index (χ1) is 28.5. The van der Waals surface area contributed by atoms with Crippen LogP contribution in [0.15, 0.2) is 132 Å². The number of hydrogen-bond donors (Lipinski definition) is 2. The van der Waals surface area contributed by atoms with Gasteiger partial charge >= 0.3 is 11.7 Å². The Hall–Kier alpha value is -7.69. The third-order valence-electron chi connectivity index (χ3n) is 9.97. The van der Waals surface area contributed by atoms with Crippen LogP contribution >= 0.6 is 0 Å². The molecule has 14 nitrogen and oxygen atoms in total. The fourth-order valence-corrected chi connectivity index (χ4v) is 7.20. The van der Waals surface area contributed by atoms with Gasteiger partial charge in [-0.05, 0) is 79.3 Å². The van der Waals surface area contributed by atoms with Crippen molar-refractivity contribution in [2.75, 3.05) is 0 Å². The summed E-state index contributed by atoms with van der Waals surface area (Å²) in [6.45, 7) is 0. The van der Waals surface area contributed by atoms with Crippen LogP contribution in [-0.2, 0) is 0 Å². The number of pyridine rings is 3. The standard InChI is InChI=1S/C33H26F2N6O3.C9H6FN3O2/c34-22-9-14-29-38-28(19-39(29)18-22)31(42)37-24-10-12-25(13-11-24)41-32(43)27-16-23(35)17-36-30(27)40(33(41)44)26-8-4-7-21(15-26)20-5-2-1-3-6-20;10-7-2-1-6(8(12-7)9(14)15)13-4-3-11-5-13/h1-9,14-19,24-25H,10-13H2,(H,37,42);1-5H,(H,14,15)/t24-,25+;. The quantitative estimate of drug-likeness (QED) is 0.179. The van der Waals surface area contributed by atoms with Crippen LogP contribution in [0.4, 0.5) is 13.2 Å². The number of carboxylic acid groups (broad SMARTS) is 1. The van der Waals surface area contributed by atoms with Gasteiger partial charge in [0.05, 0.1) is 29.3 Å². The number of carbonyl (C=O) groups is 2. The van der Waals surface area contributed by atoms with Crippen molar-refractivity contribution in [1.29, 1.82) is 0 Å². The van der Waals surface area contributed by atoms with E-state index in [0.29, 0.717) is 37.0 Å². The van der Waals surface area contributed by atoms with E-state index in [4.69, 9.17) is 5.11 Å².